The molecule has 0 aromatic heterocycles. The van der Waals surface area contributed by atoms with E-state index in [1.165, 1.54) is 32.1 Å². The minimum absolute atomic E-state index is 0.455. The van der Waals surface area contributed by atoms with Crippen molar-refractivity contribution in [3.63, 3.8) is 0 Å². The summed E-state index contributed by atoms with van der Waals surface area (Å²) in [7, 11) is 0. The van der Waals surface area contributed by atoms with E-state index in [0.29, 0.717) is 23.0 Å². The largest absolute Gasteiger partial charge is 0.370 e. The van der Waals surface area contributed by atoms with E-state index in [-0.39, 0.29) is 0 Å². The number of ether oxygens (including phenoxy) is 1. The highest BCUT2D eigenvalue weighted by atomic mass is 16.6. The first-order chi connectivity index (χ1) is 7.25. The van der Waals surface area contributed by atoms with Gasteiger partial charge in [0.05, 0.1) is 12.2 Å². The van der Waals surface area contributed by atoms with Crippen LogP contribution in [0, 0.1) is 16.7 Å². The van der Waals surface area contributed by atoms with Gasteiger partial charge in [-0.25, -0.2) is 0 Å². The maximum Gasteiger partial charge on any atom is 0.0844 e. The number of rotatable bonds is 3. The summed E-state index contributed by atoms with van der Waals surface area (Å²) in [5.41, 5.74) is 0.946. The molecule has 1 aliphatic carbocycles. The molecule has 16 heavy (non-hydrogen) atoms. The van der Waals surface area contributed by atoms with E-state index in [9.17, 15) is 0 Å². The Bertz CT molecular complexity index is 249. The molecule has 3 unspecified atom stereocenters. The lowest BCUT2D eigenvalue weighted by molar-refractivity contribution is 0.157. The molecular weight excluding hydrogens is 196 g/mol. The highest BCUT2D eigenvalue weighted by molar-refractivity contribution is 4.93. The fourth-order valence-electron chi connectivity index (χ4n) is 3.96. The van der Waals surface area contributed by atoms with Crippen molar-refractivity contribution in [2.75, 3.05) is 0 Å². The van der Waals surface area contributed by atoms with Gasteiger partial charge in [-0.1, -0.05) is 34.6 Å². The van der Waals surface area contributed by atoms with Crippen LogP contribution in [0.15, 0.2) is 0 Å². The van der Waals surface area contributed by atoms with Crippen molar-refractivity contribution < 1.29 is 4.74 Å². The van der Waals surface area contributed by atoms with Gasteiger partial charge in [0, 0.05) is 0 Å². The molecule has 1 heteroatoms. The molecule has 1 nitrogen and oxygen atoms in total. The van der Waals surface area contributed by atoms with E-state index in [2.05, 4.69) is 34.6 Å². The van der Waals surface area contributed by atoms with Crippen molar-refractivity contribution >= 4 is 0 Å². The highest BCUT2D eigenvalue weighted by Gasteiger charge is 2.44. The third-order valence-corrected chi connectivity index (χ3v) is 3.96. The van der Waals surface area contributed by atoms with Crippen LogP contribution in [0.2, 0.25) is 0 Å². The molecule has 0 bridgehead atoms. The first-order valence-corrected chi connectivity index (χ1v) is 6.91. The third kappa shape index (κ3) is 3.48. The molecule has 0 aromatic carbocycles. The molecule has 2 aliphatic rings. The zero-order valence-electron chi connectivity index (χ0n) is 11.7. The fourth-order valence-corrected chi connectivity index (χ4v) is 3.96. The van der Waals surface area contributed by atoms with Crippen molar-refractivity contribution in [2.45, 2.75) is 78.9 Å². The van der Waals surface area contributed by atoms with Crippen molar-refractivity contribution in [3.8, 4) is 0 Å². The van der Waals surface area contributed by atoms with Gasteiger partial charge >= 0.3 is 0 Å². The second-order valence-corrected chi connectivity index (χ2v) is 8.00. The van der Waals surface area contributed by atoms with Crippen LogP contribution in [0.5, 0.6) is 0 Å². The van der Waals surface area contributed by atoms with Crippen molar-refractivity contribution in [1.29, 1.82) is 0 Å². The van der Waals surface area contributed by atoms with Crippen LogP contribution in [0.3, 0.4) is 0 Å². The maximum absolute atomic E-state index is 5.62. The van der Waals surface area contributed by atoms with Crippen molar-refractivity contribution in [2.24, 2.45) is 16.7 Å². The predicted octanol–water partition coefficient (Wildman–Crippen LogP) is 4.41. The average molecular weight is 224 g/mol. The van der Waals surface area contributed by atoms with Gasteiger partial charge in [-0.15, -0.1) is 0 Å². The molecule has 1 saturated carbocycles. The average Bonchev–Trinajstić information content (AvgIpc) is 2.75. The molecule has 1 saturated heterocycles. The van der Waals surface area contributed by atoms with Gasteiger partial charge < -0.3 is 4.74 Å². The Morgan fingerprint density at radius 1 is 1.00 bits per heavy atom. The van der Waals surface area contributed by atoms with Gasteiger partial charge in [-0.3, -0.25) is 0 Å². The molecule has 2 fully saturated rings. The van der Waals surface area contributed by atoms with E-state index in [0.717, 1.165) is 5.92 Å². The Kier molecular flexibility index (Phi) is 3.11. The van der Waals surface area contributed by atoms with Gasteiger partial charge in [0.15, 0.2) is 0 Å². The van der Waals surface area contributed by atoms with Gasteiger partial charge in [0.25, 0.3) is 0 Å². The molecular formula is C15H28O. The Hall–Kier alpha value is -0.0400. The first-order valence-electron chi connectivity index (χ1n) is 6.91. The highest BCUT2D eigenvalue weighted by Crippen LogP contribution is 2.46. The van der Waals surface area contributed by atoms with Gasteiger partial charge in [0.1, 0.15) is 0 Å². The molecule has 94 valence electrons. The zero-order valence-corrected chi connectivity index (χ0v) is 11.7. The summed E-state index contributed by atoms with van der Waals surface area (Å²) in [5.74, 6) is 0.918. The lowest BCUT2D eigenvalue weighted by Crippen LogP contribution is -2.26. The van der Waals surface area contributed by atoms with E-state index in [1.54, 1.807) is 0 Å². The topological polar surface area (TPSA) is 12.5 Å². The quantitative estimate of drug-likeness (QED) is 0.647. The summed E-state index contributed by atoms with van der Waals surface area (Å²) in [6.07, 6.45) is 8.06. The monoisotopic (exact) mass is 224 g/mol. The number of fused-ring (bicyclic) bond motifs is 1. The second-order valence-electron chi connectivity index (χ2n) is 8.00. The summed E-state index contributed by atoms with van der Waals surface area (Å²) in [4.78, 5) is 0. The normalized spacial score (nSPS) is 34.7. The van der Waals surface area contributed by atoms with E-state index < -0.39 is 0 Å². The van der Waals surface area contributed by atoms with Crippen LogP contribution in [-0.2, 0) is 4.74 Å². The molecule has 1 aliphatic heterocycles. The van der Waals surface area contributed by atoms with Gasteiger partial charge in [-0.05, 0) is 48.9 Å². The summed E-state index contributed by atoms with van der Waals surface area (Å²) >= 11 is 0. The SMILES string of the molecule is CC(C)(C)CC(C)(C)CC1CCC2OC2C1. The Balaban J connectivity index is 1.82. The van der Waals surface area contributed by atoms with Crippen LogP contribution in [0.25, 0.3) is 0 Å². The standard InChI is InChI=1S/C15H28O/c1-14(2,3)10-15(4,5)9-11-6-7-12-13(8-11)16-12/h11-13H,6-10H2,1-5H3. The van der Waals surface area contributed by atoms with E-state index in [1.807, 2.05) is 0 Å². The van der Waals surface area contributed by atoms with Crippen LogP contribution < -0.4 is 0 Å². The van der Waals surface area contributed by atoms with Crippen molar-refractivity contribution in [1.82, 2.24) is 0 Å². The second kappa shape index (κ2) is 4.01. The molecule has 1 heterocycles. The Labute approximate surface area is 101 Å². The number of hydrogen-bond acceptors (Lipinski definition) is 1. The van der Waals surface area contributed by atoms with Crippen LogP contribution in [0.1, 0.15) is 66.7 Å². The summed E-state index contributed by atoms with van der Waals surface area (Å²) in [6.45, 7) is 12.0. The summed E-state index contributed by atoms with van der Waals surface area (Å²) < 4.78 is 5.62. The number of hydrogen-bond donors (Lipinski definition) is 0. The minimum Gasteiger partial charge on any atom is -0.370 e. The summed E-state index contributed by atoms with van der Waals surface area (Å²) in [5, 5.41) is 0. The van der Waals surface area contributed by atoms with E-state index >= 15 is 0 Å². The predicted molar refractivity (Wildman–Crippen MR) is 68.5 cm³/mol. The van der Waals surface area contributed by atoms with Gasteiger partial charge in [0.2, 0.25) is 0 Å². The Morgan fingerprint density at radius 3 is 2.25 bits per heavy atom. The molecule has 3 atom stereocenters. The molecule has 0 spiro atoms. The minimum atomic E-state index is 0.455. The zero-order chi connectivity index (χ0) is 12.0. The van der Waals surface area contributed by atoms with Crippen LogP contribution in [0.4, 0.5) is 0 Å². The van der Waals surface area contributed by atoms with Crippen LogP contribution >= 0.6 is 0 Å². The Morgan fingerprint density at radius 2 is 1.69 bits per heavy atom. The lowest BCUT2D eigenvalue weighted by Gasteiger charge is -2.36. The number of epoxide rings is 1. The third-order valence-electron chi connectivity index (χ3n) is 3.96. The fraction of sp³-hybridized carbons (Fsp3) is 1.00. The van der Waals surface area contributed by atoms with Crippen molar-refractivity contribution in [3.05, 3.63) is 0 Å². The molecule has 0 radical (unpaired) electrons. The van der Waals surface area contributed by atoms with Crippen LogP contribution in [-0.4, -0.2) is 12.2 Å². The van der Waals surface area contributed by atoms with Gasteiger partial charge in [-0.2, -0.15) is 0 Å². The molecule has 2 rings (SSSR count). The lowest BCUT2D eigenvalue weighted by atomic mass is 9.69. The molecule has 0 aromatic rings. The first kappa shape index (κ1) is 12.4. The maximum atomic E-state index is 5.62. The van der Waals surface area contributed by atoms with E-state index in [4.69, 9.17) is 4.74 Å². The summed E-state index contributed by atoms with van der Waals surface area (Å²) in [6, 6.07) is 0. The smallest absolute Gasteiger partial charge is 0.0844 e. The molecule has 0 amide bonds. The molecule has 0 N–H and O–H groups in total.